The van der Waals surface area contributed by atoms with Gasteiger partial charge in [-0.3, -0.25) is 4.72 Å². The van der Waals surface area contributed by atoms with Gasteiger partial charge in [-0.05, 0) is 74.6 Å². The first kappa shape index (κ1) is 18.6. The van der Waals surface area contributed by atoms with E-state index in [-0.39, 0.29) is 0 Å². The van der Waals surface area contributed by atoms with Crippen molar-refractivity contribution in [2.24, 2.45) is 5.92 Å². The maximum absolute atomic E-state index is 11.9. The summed E-state index contributed by atoms with van der Waals surface area (Å²) in [7, 11) is -3.31. The lowest BCUT2D eigenvalue weighted by Crippen LogP contribution is -2.22. The molecule has 0 aliphatic heterocycles. The summed E-state index contributed by atoms with van der Waals surface area (Å²) in [5.41, 5.74) is 2.68. The van der Waals surface area contributed by atoms with Crippen molar-refractivity contribution in [3.05, 3.63) is 54.1 Å². The second-order valence-electron chi connectivity index (χ2n) is 7.03. The minimum Gasteiger partial charge on any atom is -0.493 e. The van der Waals surface area contributed by atoms with Crippen molar-refractivity contribution in [2.75, 3.05) is 16.6 Å². The number of ether oxygens (including phenoxy) is 1. The average molecular weight is 375 g/mol. The van der Waals surface area contributed by atoms with Gasteiger partial charge in [-0.2, -0.15) is 0 Å². The standard InChI is InChI=1S/C20H26N2O3S/c1-15(2)26(23,24)22-19-7-5-16(6-8-19)13-21-18-9-11-20(12-10-18)25-14-17-3-4-17/h5-12,15,17,21-22H,3-4,13-14H2,1-2H3. The fraction of sp³-hybridized carbons (Fsp3) is 0.400. The van der Waals surface area contributed by atoms with Crippen molar-refractivity contribution < 1.29 is 13.2 Å². The van der Waals surface area contributed by atoms with E-state index in [0.717, 1.165) is 29.5 Å². The van der Waals surface area contributed by atoms with Gasteiger partial charge in [0.25, 0.3) is 0 Å². The summed E-state index contributed by atoms with van der Waals surface area (Å²) < 4.78 is 32.1. The number of nitrogens with one attached hydrogen (secondary N) is 2. The monoisotopic (exact) mass is 374 g/mol. The van der Waals surface area contributed by atoms with Crippen molar-refractivity contribution in [2.45, 2.75) is 38.5 Å². The molecule has 1 aliphatic carbocycles. The summed E-state index contributed by atoms with van der Waals surface area (Å²) in [5.74, 6) is 1.66. The smallest absolute Gasteiger partial charge is 0.235 e. The third-order valence-corrected chi connectivity index (χ3v) is 6.13. The van der Waals surface area contributed by atoms with E-state index >= 15 is 0 Å². The first-order chi connectivity index (χ1) is 12.4. The topological polar surface area (TPSA) is 67.4 Å². The van der Waals surface area contributed by atoms with E-state index < -0.39 is 15.3 Å². The molecule has 2 N–H and O–H groups in total. The highest BCUT2D eigenvalue weighted by Crippen LogP contribution is 2.29. The van der Waals surface area contributed by atoms with Gasteiger partial charge < -0.3 is 10.1 Å². The van der Waals surface area contributed by atoms with Crippen molar-refractivity contribution >= 4 is 21.4 Å². The van der Waals surface area contributed by atoms with Gasteiger partial charge in [0.1, 0.15) is 5.75 Å². The molecule has 0 spiro atoms. The fourth-order valence-corrected chi connectivity index (χ4v) is 3.04. The molecule has 2 aromatic carbocycles. The summed E-state index contributed by atoms with van der Waals surface area (Å²) in [4.78, 5) is 0. The lowest BCUT2D eigenvalue weighted by Gasteiger charge is -2.12. The van der Waals surface area contributed by atoms with Crippen LogP contribution in [0.3, 0.4) is 0 Å². The summed E-state index contributed by atoms with van der Waals surface area (Å²) in [5, 5.41) is 2.90. The predicted molar refractivity (Wildman–Crippen MR) is 106 cm³/mol. The van der Waals surface area contributed by atoms with Gasteiger partial charge in [0.2, 0.25) is 10.0 Å². The average Bonchev–Trinajstić information content (AvgIpc) is 3.44. The van der Waals surface area contributed by atoms with Gasteiger partial charge in [-0.25, -0.2) is 8.42 Å². The molecule has 1 aliphatic rings. The Morgan fingerprint density at radius 3 is 2.19 bits per heavy atom. The highest BCUT2D eigenvalue weighted by atomic mass is 32.2. The molecule has 1 fully saturated rings. The van der Waals surface area contributed by atoms with Gasteiger partial charge in [0.15, 0.2) is 0 Å². The van der Waals surface area contributed by atoms with Gasteiger partial charge in [0.05, 0.1) is 11.9 Å². The van der Waals surface area contributed by atoms with Gasteiger partial charge >= 0.3 is 0 Å². The summed E-state index contributed by atoms with van der Waals surface area (Å²) in [6, 6.07) is 15.4. The van der Waals surface area contributed by atoms with Crippen molar-refractivity contribution in [3.8, 4) is 5.75 Å². The van der Waals surface area contributed by atoms with Crippen LogP contribution in [0.4, 0.5) is 11.4 Å². The summed E-state index contributed by atoms with van der Waals surface area (Å²) in [6.07, 6.45) is 2.58. The van der Waals surface area contributed by atoms with Crippen LogP contribution >= 0.6 is 0 Å². The molecule has 0 radical (unpaired) electrons. The van der Waals surface area contributed by atoms with Crippen molar-refractivity contribution in [1.82, 2.24) is 0 Å². The van der Waals surface area contributed by atoms with Crippen LogP contribution in [0.25, 0.3) is 0 Å². The van der Waals surface area contributed by atoms with E-state index in [2.05, 4.69) is 10.0 Å². The number of hydrogen-bond donors (Lipinski definition) is 2. The Balaban J connectivity index is 1.49. The Morgan fingerprint density at radius 1 is 1.00 bits per heavy atom. The van der Waals surface area contributed by atoms with Crippen LogP contribution in [0.2, 0.25) is 0 Å². The molecule has 3 rings (SSSR count). The van der Waals surface area contributed by atoms with Crippen LogP contribution in [0.15, 0.2) is 48.5 Å². The van der Waals surface area contributed by atoms with Crippen LogP contribution in [0.5, 0.6) is 5.75 Å². The molecular formula is C20H26N2O3S. The highest BCUT2D eigenvalue weighted by Gasteiger charge is 2.21. The zero-order chi connectivity index (χ0) is 18.6. The molecule has 0 saturated heterocycles. The molecule has 0 atom stereocenters. The molecule has 26 heavy (non-hydrogen) atoms. The van der Waals surface area contributed by atoms with E-state index in [4.69, 9.17) is 4.74 Å². The van der Waals surface area contributed by atoms with Crippen LogP contribution in [-0.4, -0.2) is 20.3 Å². The first-order valence-corrected chi connectivity index (χ1v) is 10.5. The van der Waals surface area contributed by atoms with E-state index in [1.165, 1.54) is 12.8 Å². The Hall–Kier alpha value is -2.21. The lowest BCUT2D eigenvalue weighted by molar-refractivity contribution is 0.300. The van der Waals surface area contributed by atoms with E-state index in [1.807, 2.05) is 36.4 Å². The van der Waals surface area contributed by atoms with Crippen LogP contribution < -0.4 is 14.8 Å². The maximum atomic E-state index is 11.9. The molecule has 0 heterocycles. The molecule has 0 bridgehead atoms. The Morgan fingerprint density at radius 2 is 1.62 bits per heavy atom. The van der Waals surface area contributed by atoms with Crippen molar-refractivity contribution in [1.29, 1.82) is 0 Å². The SMILES string of the molecule is CC(C)S(=O)(=O)Nc1ccc(CNc2ccc(OCC3CC3)cc2)cc1. The molecular weight excluding hydrogens is 348 g/mol. The number of anilines is 2. The summed E-state index contributed by atoms with van der Waals surface area (Å²) >= 11 is 0. The van der Waals surface area contributed by atoms with Gasteiger partial charge in [-0.15, -0.1) is 0 Å². The number of hydrogen-bond acceptors (Lipinski definition) is 4. The Labute approximate surface area is 155 Å². The van der Waals surface area contributed by atoms with Crippen molar-refractivity contribution in [3.63, 3.8) is 0 Å². The molecule has 0 aromatic heterocycles. The zero-order valence-electron chi connectivity index (χ0n) is 15.2. The predicted octanol–water partition coefficient (Wildman–Crippen LogP) is 4.24. The molecule has 5 nitrogen and oxygen atoms in total. The van der Waals surface area contributed by atoms with Crippen LogP contribution in [0, 0.1) is 5.92 Å². The number of benzene rings is 2. The quantitative estimate of drug-likeness (QED) is 0.689. The maximum Gasteiger partial charge on any atom is 0.235 e. The number of rotatable bonds is 9. The molecule has 0 amide bonds. The third kappa shape index (κ3) is 5.39. The second-order valence-corrected chi connectivity index (χ2v) is 9.26. The minimum absolute atomic E-state index is 0.458. The fourth-order valence-electron chi connectivity index (χ4n) is 2.34. The van der Waals surface area contributed by atoms with Crippen LogP contribution in [0.1, 0.15) is 32.3 Å². The van der Waals surface area contributed by atoms with E-state index in [0.29, 0.717) is 12.2 Å². The van der Waals surface area contributed by atoms with Gasteiger partial charge in [0, 0.05) is 17.9 Å². The van der Waals surface area contributed by atoms with E-state index in [9.17, 15) is 8.42 Å². The summed E-state index contributed by atoms with van der Waals surface area (Å²) in [6.45, 7) is 4.80. The van der Waals surface area contributed by atoms with Gasteiger partial charge in [-0.1, -0.05) is 12.1 Å². The molecule has 140 valence electrons. The zero-order valence-corrected chi connectivity index (χ0v) is 16.1. The second kappa shape index (κ2) is 7.99. The Bertz CT molecular complexity index is 811. The largest absolute Gasteiger partial charge is 0.493 e. The molecule has 0 unspecified atom stereocenters. The molecule has 1 saturated carbocycles. The lowest BCUT2D eigenvalue weighted by atomic mass is 10.2. The normalized spacial score (nSPS) is 14.3. The minimum atomic E-state index is -3.31. The molecule has 2 aromatic rings. The third-order valence-electron chi connectivity index (χ3n) is 4.37. The first-order valence-electron chi connectivity index (χ1n) is 9.00. The van der Waals surface area contributed by atoms with E-state index in [1.54, 1.807) is 26.0 Å². The Kier molecular flexibility index (Phi) is 5.71. The van der Waals surface area contributed by atoms with Crippen LogP contribution in [-0.2, 0) is 16.6 Å². The highest BCUT2D eigenvalue weighted by molar-refractivity contribution is 7.93. The number of sulfonamides is 1. The molecule has 6 heteroatoms.